The number of aromatic nitrogens is 1. The van der Waals surface area contributed by atoms with Crippen molar-refractivity contribution in [3.05, 3.63) is 71.9 Å². The van der Waals surface area contributed by atoms with Gasteiger partial charge < -0.3 is 10.6 Å². The maximum Gasteiger partial charge on any atom is 0.257 e. The normalized spacial score (nSPS) is 14.8. The van der Waals surface area contributed by atoms with E-state index in [4.69, 9.17) is 0 Å². The van der Waals surface area contributed by atoms with E-state index in [1.165, 1.54) is 17.4 Å². The van der Waals surface area contributed by atoms with E-state index in [0.29, 0.717) is 11.1 Å². The number of sulfonamides is 1. The Morgan fingerprint density at radius 1 is 1.17 bits per heavy atom. The van der Waals surface area contributed by atoms with Crippen LogP contribution >= 0.6 is 11.3 Å². The van der Waals surface area contributed by atoms with E-state index in [9.17, 15) is 13.2 Å². The van der Waals surface area contributed by atoms with Gasteiger partial charge in [0.2, 0.25) is 10.0 Å². The zero-order chi connectivity index (χ0) is 20.4. The zero-order valence-electron chi connectivity index (χ0n) is 15.3. The smallest absolute Gasteiger partial charge is 0.257 e. The third kappa shape index (κ3) is 4.07. The third-order valence-electron chi connectivity index (χ3n) is 4.40. The minimum Gasteiger partial charge on any atom is -0.361 e. The van der Waals surface area contributed by atoms with Crippen molar-refractivity contribution in [3.63, 3.8) is 0 Å². The summed E-state index contributed by atoms with van der Waals surface area (Å²) in [7, 11) is -3.40. The number of carbonyl (C=O) groups is 1. The first kappa shape index (κ1) is 19.3. The quantitative estimate of drug-likeness (QED) is 0.398. The maximum atomic E-state index is 12.4. The number of amides is 1. The van der Waals surface area contributed by atoms with Gasteiger partial charge in [0.15, 0.2) is 0 Å². The fourth-order valence-corrected chi connectivity index (χ4v) is 5.01. The highest BCUT2D eigenvalue weighted by Crippen LogP contribution is 2.39. The van der Waals surface area contributed by atoms with E-state index >= 15 is 0 Å². The van der Waals surface area contributed by atoms with Crippen LogP contribution in [0.1, 0.15) is 11.1 Å². The first-order valence-electron chi connectivity index (χ1n) is 8.78. The van der Waals surface area contributed by atoms with E-state index in [1.54, 1.807) is 36.0 Å². The van der Waals surface area contributed by atoms with Crippen LogP contribution in [0.2, 0.25) is 0 Å². The molecule has 1 aromatic heterocycles. The molecule has 2 aromatic carbocycles. The van der Waals surface area contributed by atoms with E-state index < -0.39 is 10.0 Å². The number of anilines is 2. The highest BCUT2D eigenvalue weighted by atomic mass is 32.2. The SMILES string of the molecule is C=CCNS(=O)(=O)Cc1ccc(NC=C2C(=O)Nc3ccc4ncsc4c32)cc1. The largest absolute Gasteiger partial charge is 0.361 e. The summed E-state index contributed by atoms with van der Waals surface area (Å²) in [6.07, 6.45) is 3.16. The molecule has 9 heteroatoms. The van der Waals surface area contributed by atoms with Crippen molar-refractivity contribution < 1.29 is 13.2 Å². The van der Waals surface area contributed by atoms with Crippen molar-refractivity contribution in [1.29, 1.82) is 0 Å². The molecule has 1 aliphatic heterocycles. The Kier molecular flexibility index (Phi) is 5.18. The molecule has 0 aliphatic carbocycles. The van der Waals surface area contributed by atoms with Gasteiger partial charge in [-0.3, -0.25) is 4.79 Å². The van der Waals surface area contributed by atoms with Gasteiger partial charge in [-0.25, -0.2) is 18.1 Å². The van der Waals surface area contributed by atoms with Crippen LogP contribution in [-0.4, -0.2) is 25.9 Å². The Morgan fingerprint density at radius 3 is 2.72 bits per heavy atom. The predicted molar refractivity (Wildman–Crippen MR) is 117 cm³/mol. The van der Waals surface area contributed by atoms with Crippen LogP contribution in [0.4, 0.5) is 11.4 Å². The molecule has 7 nitrogen and oxygen atoms in total. The standard InChI is InChI=1S/C20H18N4O3S2/c1-2-9-23-29(26,27)11-13-3-5-14(6-4-13)21-10-15-18-16(24-20(15)25)7-8-17-19(18)28-12-22-17/h2-8,10,12,21,23H,1,9,11H2,(H,24,25). The van der Waals surface area contributed by atoms with Crippen LogP contribution in [-0.2, 0) is 20.6 Å². The fraction of sp³-hybridized carbons (Fsp3) is 0.100. The Bertz CT molecular complexity index is 1230. The molecule has 0 atom stereocenters. The number of hydrogen-bond acceptors (Lipinski definition) is 6. The van der Waals surface area contributed by atoms with Gasteiger partial charge in [0.25, 0.3) is 5.91 Å². The van der Waals surface area contributed by atoms with E-state index in [0.717, 1.165) is 27.2 Å². The summed E-state index contributed by atoms with van der Waals surface area (Å²) >= 11 is 1.49. The van der Waals surface area contributed by atoms with Crippen molar-refractivity contribution in [3.8, 4) is 0 Å². The second-order valence-corrected chi connectivity index (χ2v) is 9.10. The molecule has 0 fully saturated rings. The van der Waals surface area contributed by atoms with Crippen LogP contribution in [0.3, 0.4) is 0 Å². The maximum absolute atomic E-state index is 12.4. The Morgan fingerprint density at radius 2 is 1.97 bits per heavy atom. The monoisotopic (exact) mass is 426 g/mol. The first-order chi connectivity index (χ1) is 14.0. The van der Waals surface area contributed by atoms with Gasteiger partial charge in [-0.15, -0.1) is 17.9 Å². The number of fused-ring (bicyclic) bond motifs is 3. The highest BCUT2D eigenvalue weighted by molar-refractivity contribution is 7.88. The summed E-state index contributed by atoms with van der Waals surface area (Å²) in [5.74, 6) is -0.286. The van der Waals surface area contributed by atoms with E-state index in [-0.39, 0.29) is 18.2 Å². The van der Waals surface area contributed by atoms with Gasteiger partial charge in [0.1, 0.15) is 0 Å². The van der Waals surface area contributed by atoms with Crippen LogP contribution in [0.15, 0.2) is 60.8 Å². The molecule has 0 unspecified atom stereocenters. The number of hydrogen-bond donors (Lipinski definition) is 3. The molecule has 29 heavy (non-hydrogen) atoms. The number of benzene rings is 2. The van der Waals surface area contributed by atoms with E-state index in [2.05, 4.69) is 26.9 Å². The minimum absolute atomic E-state index is 0.110. The Labute approximate surface area is 172 Å². The van der Waals surface area contributed by atoms with Gasteiger partial charge in [-0.05, 0) is 29.8 Å². The number of rotatable bonds is 7. The number of thiazole rings is 1. The third-order valence-corrected chi connectivity index (χ3v) is 6.58. The summed E-state index contributed by atoms with van der Waals surface area (Å²) in [6, 6.07) is 10.8. The Hall–Kier alpha value is -3.01. The lowest BCUT2D eigenvalue weighted by Crippen LogP contribution is -2.25. The molecule has 2 heterocycles. The van der Waals surface area contributed by atoms with Crippen molar-refractivity contribution >= 4 is 54.4 Å². The lowest BCUT2D eigenvalue weighted by molar-refractivity contribution is -0.110. The number of nitrogens with one attached hydrogen (secondary N) is 3. The van der Waals surface area contributed by atoms with Crippen LogP contribution < -0.4 is 15.4 Å². The highest BCUT2D eigenvalue weighted by Gasteiger charge is 2.27. The zero-order valence-corrected chi connectivity index (χ0v) is 16.9. The van der Waals surface area contributed by atoms with Crippen molar-refractivity contribution in [2.45, 2.75) is 5.75 Å². The molecule has 1 amide bonds. The average Bonchev–Trinajstić information content (AvgIpc) is 3.29. The van der Waals surface area contributed by atoms with Crippen LogP contribution in [0.25, 0.3) is 15.8 Å². The fourth-order valence-electron chi connectivity index (χ4n) is 3.05. The molecular weight excluding hydrogens is 408 g/mol. The van der Waals surface area contributed by atoms with Crippen LogP contribution in [0.5, 0.6) is 0 Å². The van der Waals surface area contributed by atoms with Gasteiger partial charge in [-0.1, -0.05) is 18.2 Å². The molecule has 4 rings (SSSR count). The average molecular weight is 427 g/mol. The summed E-state index contributed by atoms with van der Waals surface area (Å²) < 4.78 is 27.3. The summed E-state index contributed by atoms with van der Waals surface area (Å²) in [5, 5.41) is 5.99. The minimum atomic E-state index is -3.40. The van der Waals surface area contributed by atoms with Crippen molar-refractivity contribution in [2.75, 3.05) is 17.2 Å². The molecule has 1 aliphatic rings. The van der Waals surface area contributed by atoms with Gasteiger partial charge in [0, 0.05) is 24.0 Å². The molecule has 148 valence electrons. The molecule has 0 bridgehead atoms. The topological polar surface area (TPSA) is 100 Å². The number of carbonyl (C=O) groups excluding carboxylic acids is 1. The second kappa shape index (κ2) is 7.78. The first-order valence-corrected chi connectivity index (χ1v) is 11.3. The predicted octanol–water partition coefficient (Wildman–Crippen LogP) is 3.31. The lowest BCUT2D eigenvalue weighted by Gasteiger charge is -2.07. The van der Waals surface area contributed by atoms with Gasteiger partial charge in [0.05, 0.1) is 32.7 Å². The second-order valence-electron chi connectivity index (χ2n) is 6.44. The molecule has 3 aromatic rings. The molecule has 3 N–H and O–H groups in total. The number of nitrogens with zero attached hydrogens (tertiary/aromatic N) is 1. The summed E-state index contributed by atoms with van der Waals surface area (Å²) in [5.41, 5.74) is 6.17. The van der Waals surface area contributed by atoms with Gasteiger partial charge in [-0.2, -0.15) is 0 Å². The molecule has 0 saturated heterocycles. The Balaban J connectivity index is 1.53. The van der Waals surface area contributed by atoms with Crippen LogP contribution in [0, 0.1) is 0 Å². The van der Waals surface area contributed by atoms with Gasteiger partial charge >= 0.3 is 0 Å². The summed E-state index contributed by atoms with van der Waals surface area (Å²) in [4.78, 5) is 16.7. The van der Waals surface area contributed by atoms with E-state index in [1.807, 2.05) is 12.1 Å². The summed E-state index contributed by atoms with van der Waals surface area (Å²) in [6.45, 7) is 3.70. The molecule has 0 spiro atoms. The molecule has 0 saturated carbocycles. The lowest BCUT2D eigenvalue weighted by atomic mass is 10.1. The van der Waals surface area contributed by atoms with Crippen molar-refractivity contribution in [1.82, 2.24) is 9.71 Å². The van der Waals surface area contributed by atoms with Crippen molar-refractivity contribution in [2.24, 2.45) is 0 Å². The molecule has 0 radical (unpaired) electrons. The molecular formula is C20H18N4O3S2.